The largest absolute Gasteiger partial charge is 0.485 e. The van der Waals surface area contributed by atoms with E-state index >= 15 is 0 Å². The highest BCUT2D eigenvalue weighted by Crippen LogP contribution is 2.29. The van der Waals surface area contributed by atoms with Gasteiger partial charge in [0.2, 0.25) is 5.75 Å². The molecular formula is C12H14FN3O3. The van der Waals surface area contributed by atoms with Gasteiger partial charge in [0.25, 0.3) is 0 Å². The number of para-hydroxylation sites is 1. The second kappa shape index (κ2) is 6.11. The van der Waals surface area contributed by atoms with E-state index in [1.54, 1.807) is 14.0 Å². The molecule has 6 nitrogen and oxygen atoms in total. The Morgan fingerprint density at radius 2 is 2.32 bits per heavy atom. The summed E-state index contributed by atoms with van der Waals surface area (Å²) >= 11 is 0. The molecule has 0 aliphatic carbocycles. The van der Waals surface area contributed by atoms with Crippen LogP contribution < -0.4 is 10.1 Å². The quantitative estimate of drug-likeness (QED) is 0.629. The van der Waals surface area contributed by atoms with Gasteiger partial charge in [0.05, 0.1) is 17.6 Å². The van der Waals surface area contributed by atoms with Crippen LogP contribution in [0, 0.1) is 27.3 Å². The molecule has 0 radical (unpaired) electrons. The molecule has 7 heteroatoms. The summed E-state index contributed by atoms with van der Waals surface area (Å²) in [6, 6.07) is 5.54. The van der Waals surface area contributed by atoms with Crippen molar-refractivity contribution in [3.63, 3.8) is 0 Å². The molecule has 0 heterocycles. The fourth-order valence-corrected chi connectivity index (χ4v) is 1.38. The average molecular weight is 267 g/mol. The SMILES string of the molecule is CNC(C)(C#N)CCOc1c(F)cccc1[N+](=O)[O-]. The lowest BCUT2D eigenvalue weighted by Crippen LogP contribution is -2.39. The maximum atomic E-state index is 13.5. The second-order valence-corrected chi connectivity index (χ2v) is 4.14. The number of nitriles is 1. The molecule has 0 spiro atoms. The summed E-state index contributed by atoms with van der Waals surface area (Å²) in [6.45, 7) is 1.65. The number of halogens is 1. The second-order valence-electron chi connectivity index (χ2n) is 4.14. The van der Waals surface area contributed by atoms with Crippen molar-refractivity contribution in [3.05, 3.63) is 34.1 Å². The van der Waals surface area contributed by atoms with Crippen LogP contribution in [0.1, 0.15) is 13.3 Å². The molecule has 0 saturated heterocycles. The molecule has 0 aliphatic rings. The molecule has 19 heavy (non-hydrogen) atoms. The van der Waals surface area contributed by atoms with Crippen molar-refractivity contribution in [2.24, 2.45) is 0 Å². The monoisotopic (exact) mass is 267 g/mol. The minimum Gasteiger partial charge on any atom is -0.485 e. The number of nitrogens with zero attached hydrogens (tertiary/aromatic N) is 2. The number of nitro benzene ring substituents is 1. The minimum atomic E-state index is -0.819. The highest BCUT2D eigenvalue weighted by molar-refractivity contribution is 5.46. The van der Waals surface area contributed by atoms with Gasteiger partial charge in [0.1, 0.15) is 5.54 Å². The van der Waals surface area contributed by atoms with Gasteiger partial charge in [-0.15, -0.1) is 0 Å². The Kier molecular flexibility index (Phi) is 4.78. The van der Waals surface area contributed by atoms with E-state index in [1.807, 2.05) is 6.07 Å². The molecule has 0 saturated carbocycles. The Labute approximate surface area is 109 Å². The van der Waals surface area contributed by atoms with Crippen LogP contribution in [0.25, 0.3) is 0 Å². The van der Waals surface area contributed by atoms with Gasteiger partial charge in [-0.2, -0.15) is 5.26 Å². The van der Waals surface area contributed by atoms with E-state index in [4.69, 9.17) is 10.00 Å². The molecule has 1 aromatic carbocycles. The number of ether oxygens (including phenoxy) is 1. The van der Waals surface area contributed by atoms with Crippen LogP contribution in [0.4, 0.5) is 10.1 Å². The van der Waals surface area contributed by atoms with Gasteiger partial charge in [-0.25, -0.2) is 4.39 Å². The number of hydrogen-bond acceptors (Lipinski definition) is 5. The molecule has 0 aromatic heterocycles. The van der Waals surface area contributed by atoms with Crippen LogP contribution in [-0.2, 0) is 0 Å². The van der Waals surface area contributed by atoms with Crippen molar-refractivity contribution in [1.29, 1.82) is 5.26 Å². The van der Waals surface area contributed by atoms with Crippen molar-refractivity contribution in [2.45, 2.75) is 18.9 Å². The van der Waals surface area contributed by atoms with Crippen LogP contribution in [0.5, 0.6) is 5.75 Å². The van der Waals surface area contributed by atoms with Crippen LogP contribution in [-0.4, -0.2) is 24.1 Å². The Hall–Kier alpha value is -2.20. The topological polar surface area (TPSA) is 88.2 Å². The van der Waals surface area contributed by atoms with Crippen LogP contribution in [0.3, 0.4) is 0 Å². The first kappa shape index (κ1) is 14.9. The normalized spacial score (nSPS) is 13.4. The molecule has 0 bridgehead atoms. The first-order valence-electron chi connectivity index (χ1n) is 5.59. The summed E-state index contributed by atoms with van der Waals surface area (Å²) in [4.78, 5) is 10.0. The summed E-state index contributed by atoms with van der Waals surface area (Å²) in [6.07, 6.45) is 0.269. The van der Waals surface area contributed by atoms with Gasteiger partial charge in [0.15, 0.2) is 5.82 Å². The van der Waals surface area contributed by atoms with E-state index < -0.39 is 27.7 Å². The molecule has 1 rings (SSSR count). The van der Waals surface area contributed by atoms with E-state index in [2.05, 4.69) is 5.32 Å². The molecular weight excluding hydrogens is 253 g/mol. The van der Waals surface area contributed by atoms with E-state index in [0.29, 0.717) is 0 Å². The molecule has 0 amide bonds. The van der Waals surface area contributed by atoms with Gasteiger partial charge in [-0.1, -0.05) is 6.07 Å². The first-order chi connectivity index (χ1) is 8.93. The zero-order chi connectivity index (χ0) is 14.5. The van der Waals surface area contributed by atoms with Crippen LogP contribution in [0.15, 0.2) is 18.2 Å². The predicted octanol–water partition coefficient (Wildman–Crippen LogP) is 2.00. The lowest BCUT2D eigenvalue weighted by Gasteiger charge is -2.20. The Balaban J connectivity index is 2.79. The number of nitro groups is 1. The number of benzene rings is 1. The maximum Gasteiger partial charge on any atom is 0.314 e. The fraction of sp³-hybridized carbons (Fsp3) is 0.417. The van der Waals surface area contributed by atoms with Gasteiger partial charge >= 0.3 is 5.69 Å². The molecule has 0 aliphatic heterocycles. The third kappa shape index (κ3) is 3.63. The van der Waals surface area contributed by atoms with Gasteiger partial charge in [-0.3, -0.25) is 10.1 Å². The van der Waals surface area contributed by atoms with E-state index in [9.17, 15) is 14.5 Å². The summed E-state index contributed by atoms with van der Waals surface area (Å²) in [7, 11) is 1.62. The minimum absolute atomic E-state index is 0.00727. The highest BCUT2D eigenvalue weighted by atomic mass is 19.1. The van der Waals surface area contributed by atoms with Crippen molar-refractivity contribution in [2.75, 3.05) is 13.7 Å². The van der Waals surface area contributed by atoms with Crippen molar-refractivity contribution in [3.8, 4) is 11.8 Å². The lowest BCUT2D eigenvalue weighted by molar-refractivity contribution is -0.386. The fourth-order valence-electron chi connectivity index (χ4n) is 1.38. The van der Waals surface area contributed by atoms with E-state index in [-0.39, 0.29) is 13.0 Å². The van der Waals surface area contributed by atoms with Gasteiger partial charge in [-0.05, 0) is 20.0 Å². The smallest absolute Gasteiger partial charge is 0.314 e. The van der Waals surface area contributed by atoms with E-state index in [0.717, 1.165) is 6.07 Å². The van der Waals surface area contributed by atoms with Crippen molar-refractivity contribution in [1.82, 2.24) is 5.32 Å². The third-order valence-corrected chi connectivity index (χ3v) is 2.79. The standard InChI is InChI=1S/C12H14FN3O3/c1-12(8-14,15-2)6-7-19-11-9(13)4-3-5-10(11)16(17)18/h3-5,15H,6-7H2,1-2H3. The molecule has 1 aromatic rings. The van der Waals surface area contributed by atoms with Crippen molar-refractivity contribution >= 4 is 5.69 Å². The number of nitrogens with one attached hydrogen (secondary N) is 1. The molecule has 0 fully saturated rings. The molecule has 1 N–H and O–H groups in total. The Morgan fingerprint density at radius 1 is 1.63 bits per heavy atom. The Morgan fingerprint density at radius 3 is 2.84 bits per heavy atom. The summed E-state index contributed by atoms with van der Waals surface area (Å²) in [5.41, 5.74) is -1.25. The van der Waals surface area contributed by atoms with Gasteiger partial charge in [0, 0.05) is 12.5 Å². The average Bonchev–Trinajstić information content (AvgIpc) is 2.40. The van der Waals surface area contributed by atoms with Crippen LogP contribution >= 0.6 is 0 Å². The predicted molar refractivity (Wildman–Crippen MR) is 66.2 cm³/mol. The Bertz CT molecular complexity index is 515. The molecule has 1 unspecified atom stereocenters. The van der Waals surface area contributed by atoms with Crippen molar-refractivity contribution < 1.29 is 14.1 Å². The van der Waals surface area contributed by atoms with E-state index in [1.165, 1.54) is 12.1 Å². The maximum absolute atomic E-state index is 13.5. The van der Waals surface area contributed by atoms with Crippen LogP contribution in [0.2, 0.25) is 0 Å². The zero-order valence-electron chi connectivity index (χ0n) is 10.6. The lowest BCUT2D eigenvalue weighted by atomic mass is 10.0. The summed E-state index contributed by atoms with van der Waals surface area (Å²) in [5, 5.41) is 22.5. The molecule has 102 valence electrons. The summed E-state index contributed by atoms with van der Waals surface area (Å²) in [5.74, 6) is -1.19. The highest BCUT2D eigenvalue weighted by Gasteiger charge is 2.23. The van der Waals surface area contributed by atoms with Gasteiger partial charge < -0.3 is 10.1 Å². The number of rotatable bonds is 6. The first-order valence-corrected chi connectivity index (χ1v) is 5.59. The summed E-state index contributed by atoms with van der Waals surface area (Å²) < 4.78 is 18.6. The zero-order valence-corrected chi connectivity index (χ0v) is 10.6. The third-order valence-electron chi connectivity index (χ3n) is 2.79. The number of hydrogen-bond donors (Lipinski definition) is 1. The molecule has 1 atom stereocenters.